The van der Waals surface area contributed by atoms with Crippen LogP contribution in [0.3, 0.4) is 0 Å². The molecule has 0 spiro atoms. The molecule has 0 aromatic heterocycles. The third-order valence-corrected chi connectivity index (χ3v) is 6.87. The Bertz CT molecular complexity index is 473. The molecule has 2 saturated carbocycles. The van der Waals surface area contributed by atoms with Crippen LogP contribution in [0.2, 0.25) is 0 Å². The number of carbonyl (C=O) groups is 1. The van der Waals surface area contributed by atoms with E-state index in [9.17, 15) is 9.18 Å². The third kappa shape index (κ3) is 4.55. The summed E-state index contributed by atoms with van der Waals surface area (Å²) in [6, 6.07) is -0.0111. The lowest BCUT2D eigenvalue weighted by Crippen LogP contribution is -2.50. The maximum atomic E-state index is 14.2. The maximum absolute atomic E-state index is 14.2. The fourth-order valence-corrected chi connectivity index (χ4v) is 5.36. The topological polar surface area (TPSA) is 119 Å². The van der Waals surface area contributed by atoms with Gasteiger partial charge in [-0.05, 0) is 56.8 Å². The van der Waals surface area contributed by atoms with E-state index in [1.807, 2.05) is 0 Å². The third-order valence-electron chi connectivity index (χ3n) is 6.87. The summed E-state index contributed by atoms with van der Waals surface area (Å²) in [6.07, 6.45) is 5.55. The van der Waals surface area contributed by atoms with Crippen LogP contribution in [0.25, 0.3) is 0 Å². The minimum Gasteiger partial charge on any atom is -0.352 e. The molecule has 2 aliphatic carbocycles. The lowest BCUT2D eigenvalue weighted by Gasteiger charge is -2.34. The minimum absolute atomic E-state index is 0.0182. The van der Waals surface area contributed by atoms with Crippen molar-refractivity contribution in [2.75, 3.05) is 0 Å². The molecule has 8 N–H and O–H groups in total. The number of hydrogen-bond donors (Lipinski definition) is 5. The van der Waals surface area contributed by atoms with E-state index in [0.717, 1.165) is 32.1 Å². The first-order chi connectivity index (χ1) is 12.3. The Morgan fingerprint density at radius 3 is 2.65 bits per heavy atom. The normalized spacial score (nSPS) is 41.7. The van der Waals surface area contributed by atoms with Crippen LogP contribution in [-0.2, 0) is 4.79 Å². The average molecular weight is 370 g/mol. The van der Waals surface area contributed by atoms with Gasteiger partial charge in [-0.25, -0.2) is 4.39 Å². The van der Waals surface area contributed by atoms with Crippen LogP contribution >= 0.6 is 0 Å². The van der Waals surface area contributed by atoms with Gasteiger partial charge in [0.25, 0.3) is 0 Å². The van der Waals surface area contributed by atoms with Gasteiger partial charge in [0.2, 0.25) is 5.91 Å². The highest BCUT2D eigenvalue weighted by molar-refractivity contribution is 5.82. The number of rotatable bonds is 5. The van der Waals surface area contributed by atoms with Crippen molar-refractivity contribution >= 4 is 5.91 Å². The van der Waals surface area contributed by atoms with E-state index < -0.39 is 6.17 Å². The Morgan fingerprint density at radius 2 is 1.96 bits per heavy atom. The molecule has 3 fully saturated rings. The SMILES string of the molecule is CC1CCC(F)C2CC(C(=O)NC3CCCC(C(N)CC(N)N)C3)NC12. The zero-order valence-electron chi connectivity index (χ0n) is 15.9. The van der Waals surface area contributed by atoms with Crippen LogP contribution in [0.15, 0.2) is 0 Å². The molecule has 0 aromatic rings. The van der Waals surface area contributed by atoms with Crippen LogP contribution < -0.4 is 27.8 Å². The van der Waals surface area contributed by atoms with Gasteiger partial charge in [0, 0.05) is 24.0 Å². The van der Waals surface area contributed by atoms with Crippen molar-refractivity contribution in [2.24, 2.45) is 35.0 Å². The zero-order valence-corrected chi connectivity index (χ0v) is 15.9. The summed E-state index contributed by atoms with van der Waals surface area (Å²) in [5.41, 5.74) is 17.6. The van der Waals surface area contributed by atoms with E-state index in [4.69, 9.17) is 17.2 Å². The summed E-state index contributed by atoms with van der Waals surface area (Å²) in [7, 11) is 0. The molecule has 150 valence electrons. The number of nitrogens with two attached hydrogens (primary N) is 3. The second-order valence-electron chi connectivity index (χ2n) is 8.91. The molecule has 0 bridgehead atoms. The Balaban J connectivity index is 1.52. The molecule has 1 heterocycles. The van der Waals surface area contributed by atoms with Crippen molar-refractivity contribution in [2.45, 2.75) is 94.8 Å². The molecule has 3 aliphatic rings. The Hall–Kier alpha value is -0.760. The quantitative estimate of drug-likeness (QED) is 0.458. The van der Waals surface area contributed by atoms with Gasteiger partial charge < -0.3 is 27.8 Å². The van der Waals surface area contributed by atoms with Gasteiger partial charge in [-0.2, -0.15) is 0 Å². The van der Waals surface area contributed by atoms with Crippen molar-refractivity contribution < 1.29 is 9.18 Å². The molecule has 8 atom stereocenters. The molecule has 1 amide bonds. The van der Waals surface area contributed by atoms with Crippen LogP contribution in [0.5, 0.6) is 0 Å². The smallest absolute Gasteiger partial charge is 0.237 e. The number of halogens is 1. The van der Waals surface area contributed by atoms with Crippen LogP contribution in [0, 0.1) is 17.8 Å². The van der Waals surface area contributed by atoms with Crippen molar-refractivity contribution in [1.82, 2.24) is 10.6 Å². The van der Waals surface area contributed by atoms with Gasteiger partial charge in [-0.1, -0.05) is 13.3 Å². The number of hydrogen-bond acceptors (Lipinski definition) is 5. The van der Waals surface area contributed by atoms with Gasteiger partial charge in [-0.15, -0.1) is 0 Å². The number of fused-ring (bicyclic) bond motifs is 1. The summed E-state index contributed by atoms with van der Waals surface area (Å²) in [4.78, 5) is 12.8. The second-order valence-corrected chi connectivity index (χ2v) is 8.91. The lowest BCUT2D eigenvalue weighted by molar-refractivity contribution is -0.124. The van der Waals surface area contributed by atoms with Crippen molar-refractivity contribution in [3.8, 4) is 0 Å². The molecule has 0 radical (unpaired) electrons. The fourth-order valence-electron chi connectivity index (χ4n) is 5.36. The van der Waals surface area contributed by atoms with Gasteiger partial charge in [0.15, 0.2) is 0 Å². The zero-order chi connectivity index (χ0) is 18.8. The Kier molecular flexibility index (Phi) is 6.54. The molecular weight excluding hydrogens is 333 g/mol. The highest BCUT2D eigenvalue weighted by Crippen LogP contribution is 2.38. The standard InChI is InChI=1S/C19H36FN5O/c1-10-5-6-14(20)13-8-16(25-18(10)13)19(26)24-12-4-2-3-11(7-12)15(21)9-17(22)23/h10-18,25H,2-9,21-23H2,1H3,(H,24,26). The van der Waals surface area contributed by atoms with E-state index >= 15 is 0 Å². The summed E-state index contributed by atoms with van der Waals surface area (Å²) in [6.45, 7) is 2.16. The highest BCUT2D eigenvalue weighted by atomic mass is 19.1. The van der Waals surface area contributed by atoms with E-state index in [1.165, 1.54) is 0 Å². The van der Waals surface area contributed by atoms with Gasteiger partial charge >= 0.3 is 0 Å². The van der Waals surface area contributed by atoms with E-state index in [0.29, 0.717) is 31.1 Å². The molecule has 7 heteroatoms. The largest absolute Gasteiger partial charge is 0.352 e. The van der Waals surface area contributed by atoms with Crippen LogP contribution in [0.1, 0.15) is 58.3 Å². The number of alkyl halides is 1. The van der Waals surface area contributed by atoms with Crippen LogP contribution in [-0.4, -0.2) is 42.4 Å². The maximum Gasteiger partial charge on any atom is 0.237 e. The highest BCUT2D eigenvalue weighted by Gasteiger charge is 2.46. The first-order valence-corrected chi connectivity index (χ1v) is 10.3. The summed E-state index contributed by atoms with van der Waals surface area (Å²) in [5.74, 6) is 0.780. The molecule has 3 rings (SSSR count). The minimum atomic E-state index is -0.779. The second kappa shape index (κ2) is 8.50. The van der Waals surface area contributed by atoms with E-state index in [1.54, 1.807) is 0 Å². The van der Waals surface area contributed by atoms with Gasteiger partial charge in [-0.3, -0.25) is 4.79 Å². The first-order valence-electron chi connectivity index (χ1n) is 10.3. The van der Waals surface area contributed by atoms with E-state index in [2.05, 4.69) is 17.6 Å². The number of carbonyl (C=O) groups excluding carboxylic acids is 1. The Morgan fingerprint density at radius 1 is 1.19 bits per heavy atom. The molecular formula is C19H36FN5O. The van der Waals surface area contributed by atoms with Gasteiger partial charge in [0.1, 0.15) is 6.17 Å². The van der Waals surface area contributed by atoms with Crippen molar-refractivity contribution in [3.05, 3.63) is 0 Å². The summed E-state index contributed by atoms with van der Waals surface area (Å²) >= 11 is 0. The average Bonchev–Trinajstić information content (AvgIpc) is 3.05. The Labute approximate surface area is 156 Å². The predicted molar refractivity (Wildman–Crippen MR) is 101 cm³/mol. The molecule has 1 aliphatic heterocycles. The van der Waals surface area contributed by atoms with Crippen molar-refractivity contribution in [3.63, 3.8) is 0 Å². The molecule has 0 aromatic carbocycles. The van der Waals surface area contributed by atoms with E-state index in [-0.39, 0.29) is 42.2 Å². The number of nitrogens with one attached hydrogen (secondary N) is 2. The van der Waals surface area contributed by atoms with Gasteiger partial charge in [0.05, 0.1) is 12.2 Å². The van der Waals surface area contributed by atoms with Crippen molar-refractivity contribution in [1.29, 1.82) is 0 Å². The predicted octanol–water partition coefficient (Wildman–Crippen LogP) is 0.737. The number of amides is 1. The lowest BCUT2D eigenvalue weighted by atomic mass is 9.77. The molecule has 8 unspecified atom stereocenters. The monoisotopic (exact) mass is 369 g/mol. The first kappa shape index (κ1) is 20.0. The summed E-state index contributed by atoms with van der Waals surface area (Å²) in [5, 5.41) is 6.61. The molecule has 6 nitrogen and oxygen atoms in total. The fraction of sp³-hybridized carbons (Fsp3) is 0.947. The summed E-state index contributed by atoms with van der Waals surface area (Å²) < 4.78 is 14.2. The van der Waals surface area contributed by atoms with Crippen LogP contribution in [0.4, 0.5) is 4.39 Å². The molecule has 26 heavy (non-hydrogen) atoms. The molecule has 1 saturated heterocycles.